The van der Waals surface area contributed by atoms with Crippen molar-refractivity contribution in [2.75, 3.05) is 6.61 Å². The van der Waals surface area contributed by atoms with Gasteiger partial charge >= 0.3 is 6.09 Å². The summed E-state index contributed by atoms with van der Waals surface area (Å²) < 4.78 is 5.04. The van der Waals surface area contributed by atoms with Crippen LogP contribution in [0.25, 0.3) is 0 Å². The molecular formula is C17H23N3O3. The van der Waals surface area contributed by atoms with Gasteiger partial charge in [0.05, 0.1) is 12.7 Å². The second-order valence-electron chi connectivity index (χ2n) is 5.24. The van der Waals surface area contributed by atoms with E-state index in [0.717, 1.165) is 18.4 Å². The number of nitrogens with zero attached hydrogens (tertiary/aromatic N) is 1. The van der Waals surface area contributed by atoms with E-state index in [1.807, 2.05) is 43.3 Å². The summed E-state index contributed by atoms with van der Waals surface area (Å²) in [6.07, 6.45) is 1.39. The summed E-state index contributed by atoms with van der Waals surface area (Å²) >= 11 is 0. The summed E-state index contributed by atoms with van der Waals surface area (Å²) in [5.74, 6) is -0.407. The summed E-state index contributed by atoms with van der Waals surface area (Å²) in [4.78, 5) is 24.0. The Morgan fingerprint density at radius 3 is 2.57 bits per heavy atom. The molecule has 1 aromatic carbocycles. The molecular weight excluding hydrogens is 294 g/mol. The number of alkyl carbamates (subject to hydrolysis) is 1. The first-order valence-electron chi connectivity index (χ1n) is 7.74. The number of benzene rings is 1. The van der Waals surface area contributed by atoms with Gasteiger partial charge in [-0.2, -0.15) is 5.26 Å². The third-order valence-corrected chi connectivity index (χ3v) is 3.17. The maximum absolute atomic E-state index is 12.2. The number of hydrogen-bond acceptors (Lipinski definition) is 4. The predicted octanol–water partition coefficient (Wildman–Crippen LogP) is 2.15. The highest BCUT2D eigenvalue weighted by atomic mass is 16.5. The molecule has 6 heteroatoms. The third kappa shape index (κ3) is 7.32. The van der Waals surface area contributed by atoms with Crippen LogP contribution in [-0.2, 0) is 16.0 Å². The van der Waals surface area contributed by atoms with E-state index in [1.54, 1.807) is 6.92 Å². The van der Waals surface area contributed by atoms with Gasteiger partial charge in [-0.3, -0.25) is 4.79 Å². The van der Waals surface area contributed by atoms with Crippen LogP contribution in [0.4, 0.5) is 4.79 Å². The van der Waals surface area contributed by atoms with Crippen molar-refractivity contribution in [3.8, 4) is 6.07 Å². The van der Waals surface area contributed by atoms with Crippen molar-refractivity contribution in [3.63, 3.8) is 0 Å². The average molecular weight is 317 g/mol. The van der Waals surface area contributed by atoms with E-state index in [1.165, 1.54) is 0 Å². The molecule has 0 radical (unpaired) electrons. The van der Waals surface area contributed by atoms with Crippen LogP contribution in [-0.4, -0.2) is 30.7 Å². The lowest BCUT2D eigenvalue weighted by Crippen LogP contribution is -2.50. The van der Waals surface area contributed by atoms with Gasteiger partial charge in [0.25, 0.3) is 0 Å². The summed E-state index contributed by atoms with van der Waals surface area (Å²) in [5, 5.41) is 13.9. The number of ether oxygens (including phenoxy) is 1. The number of carbonyl (C=O) groups excluding carboxylic acids is 2. The fourth-order valence-corrected chi connectivity index (χ4v) is 1.90. The Hall–Kier alpha value is -2.55. The number of hydrogen-bond donors (Lipinski definition) is 2. The molecule has 23 heavy (non-hydrogen) atoms. The maximum atomic E-state index is 12.2. The second kappa shape index (κ2) is 10.2. The van der Waals surface area contributed by atoms with Crippen LogP contribution in [0.15, 0.2) is 30.3 Å². The molecule has 0 heterocycles. The quantitative estimate of drug-likeness (QED) is 0.719. The molecule has 0 saturated heterocycles. The Morgan fingerprint density at radius 2 is 1.96 bits per heavy atom. The minimum atomic E-state index is -0.790. The van der Waals surface area contributed by atoms with E-state index in [4.69, 9.17) is 10.00 Å². The number of carbonyl (C=O) groups is 2. The Kier molecular flexibility index (Phi) is 8.22. The number of nitriles is 1. The monoisotopic (exact) mass is 317 g/mol. The zero-order valence-electron chi connectivity index (χ0n) is 13.5. The van der Waals surface area contributed by atoms with Crippen LogP contribution in [0.1, 0.15) is 32.3 Å². The maximum Gasteiger partial charge on any atom is 0.407 e. The zero-order valence-corrected chi connectivity index (χ0v) is 13.5. The molecule has 2 atom stereocenters. The van der Waals surface area contributed by atoms with Crippen LogP contribution >= 0.6 is 0 Å². The van der Waals surface area contributed by atoms with Crippen molar-refractivity contribution in [2.45, 2.75) is 45.2 Å². The van der Waals surface area contributed by atoms with Gasteiger partial charge < -0.3 is 15.4 Å². The molecule has 2 unspecified atom stereocenters. The molecule has 0 fully saturated rings. The second-order valence-corrected chi connectivity index (χ2v) is 5.24. The van der Waals surface area contributed by atoms with E-state index in [9.17, 15) is 9.59 Å². The molecule has 2 amide bonds. The Balaban J connectivity index is 2.69. The first-order valence-corrected chi connectivity index (χ1v) is 7.74. The lowest BCUT2D eigenvalue weighted by molar-refractivity contribution is -0.123. The van der Waals surface area contributed by atoms with Gasteiger partial charge in [-0.15, -0.1) is 0 Å². The van der Waals surface area contributed by atoms with Gasteiger partial charge in [-0.1, -0.05) is 43.7 Å². The molecule has 0 spiro atoms. The summed E-state index contributed by atoms with van der Waals surface area (Å²) in [7, 11) is 0. The van der Waals surface area contributed by atoms with Crippen LogP contribution in [0.2, 0.25) is 0 Å². The molecule has 6 nitrogen and oxygen atoms in total. The molecule has 1 aromatic rings. The number of rotatable bonds is 8. The van der Waals surface area contributed by atoms with Gasteiger partial charge in [-0.05, 0) is 18.9 Å². The van der Waals surface area contributed by atoms with Gasteiger partial charge in [-0.25, -0.2) is 4.79 Å². The third-order valence-electron chi connectivity index (χ3n) is 3.17. The molecule has 0 aromatic heterocycles. The van der Waals surface area contributed by atoms with Gasteiger partial charge in [0.15, 0.2) is 0 Å². The predicted molar refractivity (Wildman–Crippen MR) is 86.5 cm³/mol. The minimum Gasteiger partial charge on any atom is -0.450 e. The highest BCUT2D eigenvalue weighted by Crippen LogP contribution is 2.04. The molecule has 1 rings (SSSR count). The highest BCUT2D eigenvalue weighted by molar-refractivity contribution is 5.86. The first-order chi connectivity index (χ1) is 11.1. The number of nitrogens with one attached hydrogen (secondary N) is 2. The zero-order chi connectivity index (χ0) is 17.1. The van der Waals surface area contributed by atoms with E-state index < -0.39 is 24.1 Å². The summed E-state index contributed by atoms with van der Waals surface area (Å²) in [5.41, 5.74) is 0.908. The largest absolute Gasteiger partial charge is 0.450 e. The van der Waals surface area contributed by atoms with E-state index in [2.05, 4.69) is 10.6 Å². The summed E-state index contributed by atoms with van der Waals surface area (Å²) in [6, 6.07) is 9.87. The average Bonchev–Trinajstić information content (AvgIpc) is 2.55. The minimum absolute atomic E-state index is 0.316. The van der Waals surface area contributed by atoms with Gasteiger partial charge in [0.2, 0.25) is 5.91 Å². The fraction of sp³-hybridized carbons (Fsp3) is 0.471. The van der Waals surface area contributed by atoms with Crippen molar-refractivity contribution >= 4 is 12.0 Å². The van der Waals surface area contributed by atoms with Crippen molar-refractivity contribution < 1.29 is 14.3 Å². The SMILES string of the molecule is CCCCOC(=O)NC(Cc1ccccc1)C(=O)NC(C)C#N. The van der Waals surface area contributed by atoms with Crippen molar-refractivity contribution in [3.05, 3.63) is 35.9 Å². The number of unbranched alkanes of at least 4 members (excludes halogenated alkanes) is 1. The highest BCUT2D eigenvalue weighted by Gasteiger charge is 2.23. The lowest BCUT2D eigenvalue weighted by atomic mass is 10.1. The van der Waals surface area contributed by atoms with E-state index >= 15 is 0 Å². The molecule has 0 aliphatic carbocycles. The van der Waals surface area contributed by atoms with E-state index in [0.29, 0.717) is 13.0 Å². The van der Waals surface area contributed by atoms with E-state index in [-0.39, 0.29) is 0 Å². The Morgan fingerprint density at radius 1 is 1.26 bits per heavy atom. The van der Waals surface area contributed by atoms with Crippen LogP contribution in [0.5, 0.6) is 0 Å². The van der Waals surface area contributed by atoms with Crippen molar-refractivity contribution in [1.82, 2.24) is 10.6 Å². The van der Waals surface area contributed by atoms with Crippen LogP contribution in [0, 0.1) is 11.3 Å². The Bertz CT molecular complexity index is 540. The standard InChI is InChI=1S/C17H23N3O3/c1-3-4-10-23-17(22)20-15(16(21)19-13(2)12-18)11-14-8-6-5-7-9-14/h5-9,13,15H,3-4,10-11H2,1-2H3,(H,19,21)(H,20,22). The topological polar surface area (TPSA) is 91.2 Å². The molecule has 2 N–H and O–H groups in total. The molecule has 0 aliphatic heterocycles. The molecule has 0 bridgehead atoms. The van der Waals surface area contributed by atoms with Crippen LogP contribution in [0.3, 0.4) is 0 Å². The number of amides is 2. The fourth-order valence-electron chi connectivity index (χ4n) is 1.90. The van der Waals surface area contributed by atoms with Crippen molar-refractivity contribution in [1.29, 1.82) is 5.26 Å². The normalized spacial score (nSPS) is 12.6. The molecule has 124 valence electrons. The smallest absolute Gasteiger partial charge is 0.407 e. The Labute approximate surface area is 136 Å². The molecule has 0 aliphatic rings. The lowest BCUT2D eigenvalue weighted by Gasteiger charge is -2.19. The molecule has 0 saturated carbocycles. The summed E-state index contributed by atoms with van der Waals surface area (Å²) in [6.45, 7) is 3.89. The van der Waals surface area contributed by atoms with Crippen molar-refractivity contribution in [2.24, 2.45) is 0 Å². The van der Waals surface area contributed by atoms with Gasteiger partial charge in [0.1, 0.15) is 12.1 Å². The van der Waals surface area contributed by atoms with Gasteiger partial charge in [0, 0.05) is 6.42 Å². The first kappa shape index (κ1) is 18.5. The van der Waals surface area contributed by atoms with Crippen LogP contribution < -0.4 is 10.6 Å².